The number of aromatic nitrogens is 4. The summed E-state index contributed by atoms with van der Waals surface area (Å²) in [6.45, 7) is 18.6. The smallest absolute Gasteiger partial charge is 0.142 e. The predicted octanol–water partition coefficient (Wildman–Crippen LogP) is 14.7. The van der Waals surface area contributed by atoms with Gasteiger partial charge < -0.3 is 8.98 Å². The maximum Gasteiger partial charge on any atom is 0.142 e. The minimum Gasteiger partial charge on any atom is -0.499 e. The Labute approximate surface area is 396 Å². The molecule has 0 atom stereocenters. The van der Waals surface area contributed by atoms with Gasteiger partial charge in [-0.05, 0) is 64.8 Å². The fraction of sp³-hybridized carbons (Fsp3) is 0.281. The van der Waals surface area contributed by atoms with Gasteiger partial charge in [0.1, 0.15) is 5.58 Å². The van der Waals surface area contributed by atoms with E-state index in [0.717, 1.165) is 73.3 Å². The number of imidazole rings is 1. The summed E-state index contributed by atoms with van der Waals surface area (Å²) in [5.41, 5.74) is 16.9. The molecule has 0 spiro atoms. The second-order valence-electron chi connectivity index (χ2n) is 19.1. The molecule has 0 aliphatic heterocycles. The SMILES string of the molecule is CC(C)Cc1cc(-c2[c-]cccc2)nc[c]1[Ge]([CH3])([CH3])[CH3].Cc1nccc2c1oc1c(-c3nc4ccccc4n3Cc3c(C(C)C)cc(-c4ccccc4)cc3C(C)C)[c-]cc(C)c12.[Ir]. The van der Waals surface area contributed by atoms with E-state index in [1.165, 1.54) is 33.4 Å². The Morgan fingerprint density at radius 2 is 1.42 bits per heavy atom. The average Bonchev–Trinajstić information content (AvgIpc) is 3.84. The van der Waals surface area contributed by atoms with E-state index in [4.69, 9.17) is 14.4 Å². The molecule has 0 saturated carbocycles. The van der Waals surface area contributed by atoms with Crippen molar-refractivity contribution in [2.24, 2.45) is 5.92 Å². The summed E-state index contributed by atoms with van der Waals surface area (Å²) < 4.78 is 10.5. The quantitative estimate of drug-likeness (QED) is 0.101. The molecule has 0 bridgehead atoms. The minimum atomic E-state index is -1.86. The van der Waals surface area contributed by atoms with E-state index in [-0.39, 0.29) is 20.1 Å². The van der Waals surface area contributed by atoms with Crippen molar-refractivity contribution in [1.82, 2.24) is 19.5 Å². The number of benzene rings is 5. The van der Waals surface area contributed by atoms with E-state index in [0.29, 0.717) is 24.3 Å². The van der Waals surface area contributed by atoms with Crippen LogP contribution in [-0.2, 0) is 33.1 Å². The second-order valence-corrected chi connectivity index (χ2v) is 29.7. The molecule has 0 aliphatic carbocycles. The maximum atomic E-state index is 6.59. The first-order chi connectivity index (χ1) is 30.2. The molecule has 4 aromatic heterocycles. The number of fused-ring (bicyclic) bond motifs is 4. The first-order valence-corrected chi connectivity index (χ1v) is 29.9. The fourth-order valence-corrected chi connectivity index (χ4v) is 12.3. The molecule has 5 nitrogen and oxygen atoms in total. The molecule has 0 N–H and O–H groups in total. The van der Waals surface area contributed by atoms with Crippen molar-refractivity contribution in [3.05, 3.63) is 167 Å². The zero-order chi connectivity index (χ0) is 44.6. The largest absolute Gasteiger partial charge is 0.499 e. The van der Waals surface area contributed by atoms with Crippen LogP contribution in [0.15, 0.2) is 126 Å². The van der Waals surface area contributed by atoms with Crippen molar-refractivity contribution in [2.75, 3.05) is 0 Å². The third kappa shape index (κ3) is 9.61. The number of nitrogens with zero attached hydrogens (tertiary/aromatic N) is 4. The van der Waals surface area contributed by atoms with Crippen molar-refractivity contribution >= 4 is 50.6 Å². The number of hydrogen-bond donors (Lipinski definition) is 0. The van der Waals surface area contributed by atoms with Crippen molar-refractivity contribution in [3.63, 3.8) is 0 Å². The molecule has 0 amide bonds. The van der Waals surface area contributed by atoms with Crippen molar-refractivity contribution < 1.29 is 24.5 Å². The summed E-state index contributed by atoms with van der Waals surface area (Å²) in [6.07, 6.45) is 5.13. The van der Waals surface area contributed by atoms with E-state index in [9.17, 15) is 0 Å². The molecule has 5 aromatic carbocycles. The first kappa shape index (κ1) is 46.8. The van der Waals surface area contributed by atoms with Gasteiger partial charge in [-0.2, -0.15) is 0 Å². The third-order valence-corrected chi connectivity index (χ3v) is 16.4. The Morgan fingerprint density at radius 3 is 2.08 bits per heavy atom. The summed E-state index contributed by atoms with van der Waals surface area (Å²) in [4.78, 5) is 14.4. The maximum absolute atomic E-state index is 6.59. The van der Waals surface area contributed by atoms with Gasteiger partial charge in [0, 0.05) is 38.2 Å². The number of hydrogen-bond acceptors (Lipinski definition) is 4. The number of rotatable bonds is 10. The van der Waals surface area contributed by atoms with Crippen LogP contribution in [0.25, 0.3) is 66.7 Å². The van der Waals surface area contributed by atoms with Crippen LogP contribution in [0.2, 0.25) is 17.3 Å². The Kier molecular flexibility index (Phi) is 14.3. The fourth-order valence-electron chi connectivity index (χ4n) is 9.00. The Bertz CT molecular complexity index is 3020. The van der Waals surface area contributed by atoms with Gasteiger partial charge in [-0.1, -0.05) is 100 Å². The first-order valence-electron chi connectivity index (χ1n) is 22.5. The zero-order valence-electron chi connectivity index (χ0n) is 39.2. The summed E-state index contributed by atoms with van der Waals surface area (Å²) in [6, 6.07) is 45.3. The van der Waals surface area contributed by atoms with Crippen LogP contribution in [0.3, 0.4) is 0 Å². The van der Waals surface area contributed by atoms with Crippen molar-refractivity contribution in [2.45, 2.75) is 97.5 Å². The Morgan fingerprint density at radius 1 is 0.734 bits per heavy atom. The third-order valence-electron chi connectivity index (χ3n) is 12.1. The van der Waals surface area contributed by atoms with Crippen LogP contribution in [0.4, 0.5) is 0 Å². The molecule has 0 aliphatic rings. The number of furan rings is 1. The number of para-hydroxylation sites is 2. The standard InChI is InChI=1S/C39H36N3O.C18H24GeN.Ir/c1-23(2)31-20-28(27-12-8-7-9-13-27)21-32(24(3)4)33(31)22-42-35-15-11-10-14-34(35)41-39(42)30-17-16-25(5)36-29-18-19-40-26(6)37(29)43-38(30)36;1-14(2)11-16-12-18(15-9-7-6-8-10-15)20-13-17(16)19(3,4)5;/h7-16,18-21,23-24H,22H2,1-6H3;6-9,12-14H,11H2,1-5H3;/q2*-1;. The summed E-state index contributed by atoms with van der Waals surface area (Å²) in [5.74, 6) is 9.58. The van der Waals surface area contributed by atoms with Gasteiger partial charge >= 0.3 is 126 Å². The molecule has 9 rings (SSSR count). The summed E-state index contributed by atoms with van der Waals surface area (Å²) in [5, 5.41) is 2.18. The number of pyridine rings is 2. The molecule has 9 aromatic rings. The van der Waals surface area contributed by atoms with Crippen molar-refractivity contribution in [1.29, 1.82) is 0 Å². The van der Waals surface area contributed by atoms with Crippen LogP contribution in [-0.4, -0.2) is 32.8 Å². The van der Waals surface area contributed by atoms with Gasteiger partial charge in [0.15, 0.2) is 0 Å². The van der Waals surface area contributed by atoms with Gasteiger partial charge in [-0.3, -0.25) is 9.97 Å². The van der Waals surface area contributed by atoms with Crippen LogP contribution < -0.4 is 4.40 Å². The van der Waals surface area contributed by atoms with Gasteiger partial charge in [0.25, 0.3) is 0 Å². The van der Waals surface area contributed by atoms with Gasteiger partial charge in [-0.15, -0.1) is 17.7 Å². The molecule has 7 heteroatoms. The van der Waals surface area contributed by atoms with Crippen molar-refractivity contribution in [3.8, 4) is 33.8 Å². The topological polar surface area (TPSA) is 56.7 Å². The molecule has 4 heterocycles. The normalized spacial score (nSPS) is 11.8. The van der Waals surface area contributed by atoms with Gasteiger partial charge in [-0.25, -0.2) is 0 Å². The average molecular weight is 1080 g/mol. The number of aryl methyl sites for hydroxylation is 2. The molecule has 0 unspecified atom stereocenters. The van der Waals surface area contributed by atoms with E-state index in [2.05, 4.69) is 179 Å². The molecule has 1 radical (unpaired) electrons. The molecule has 0 fully saturated rings. The predicted molar refractivity (Wildman–Crippen MR) is 268 cm³/mol. The summed E-state index contributed by atoms with van der Waals surface area (Å²) >= 11 is -1.86. The monoisotopic (exact) mass is 1080 g/mol. The second kappa shape index (κ2) is 19.5. The van der Waals surface area contributed by atoms with Crippen LogP contribution >= 0.6 is 0 Å². The molecule has 329 valence electrons. The van der Waals surface area contributed by atoms with E-state index < -0.39 is 13.3 Å². The Balaban J connectivity index is 0.000000246. The van der Waals surface area contributed by atoms with E-state index >= 15 is 0 Å². The molecule has 64 heavy (non-hydrogen) atoms. The molecule has 0 saturated heterocycles. The van der Waals surface area contributed by atoms with Crippen LogP contribution in [0.1, 0.15) is 86.9 Å². The molecular formula is C57H60GeIrN4O-2. The van der Waals surface area contributed by atoms with Gasteiger partial charge in [0.05, 0.1) is 28.1 Å². The molecular weight excluding hydrogens is 1020 g/mol. The Hall–Kier alpha value is -5.14. The van der Waals surface area contributed by atoms with Crippen LogP contribution in [0.5, 0.6) is 0 Å². The summed E-state index contributed by atoms with van der Waals surface area (Å²) in [7, 11) is 0. The van der Waals surface area contributed by atoms with E-state index in [1.54, 1.807) is 4.40 Å². The van der Waals surface area contributed by atoms with Crippen LogP contribution in [0, 0.1) is 31.9 Å². The zero-order valence-corrected chi connectivity index (χ0v) is 43.7. The minimum absolute atomic E-state index is 0. The van der Waals surface area contributed by atoms with Gasteiger partial charge in [0.2, 0.25) is 0 Å². The van der Waals surface area contributed by atoms with E-state index in [1.807, 2.05) is 37.4 Å².